The minimum atomic E-state index is -0.436. The standard InChI is InChI=1S/C14H8BrNO4S/c15-10-1-3-12-8(6-10)5-9(14(17)20-12)7-11-2-4-13(21-11)16(18)19/h1-6H,7H2. The van der Waals surface area contributed by atoms with Crippen molar-refractivity contribution in [3.05, 3.63) is 71.8 Å². The molecule has 0 radical (unpaired) electrons. The molecular weight excluding hydrogens is 358 g/mol. The number of nitro groups is 1. The molecule has 21 heavy (non-hydrogen) atoms. The van der Waals surface area contributed by atoms with E-state index in [-0.39, 0.29) is 5.00 Å². The maximum absolute atomic E-state index is 12.0. The Labute approximate surface area is 131 Å². The number of halogens is 1. The summed E-state index contributed by atoms with van der Waals surface area (Å²) in [6.07, 6.45) is 0.323. The lowest BCUT2D eigenvalue weighted by Gasteiger charge is -2.01. The van der Waals surface area contributed by atoms with Crippen LogP contribution < -0.4 is 5.63 Å². The molecule has 7 heteroatoms. The number of rotatable bonds is 3. The van der Waals surface area contributed by atoms with Gasteiger partial charge in [-0.25, -0.2) is 4.79 Å². The van der Waals surface area contributed by atoms with E-state index >= 15 is 0 Å². The predicted molar refractivity (Wildman–Crippen MR) is 84.0 cm³/mol. The van der Waals surface area contributed by atoms with Crippen LogP contribution in [0.2, 0.25) is 0 Å². The second kappa shape index (κ2) is 5.42. The van der Waals surface area contributed by atoms with Crippen LogP contribution >= 0.6 is 27.3 Å². The van der Waals surface area contributed by atoms with Crippen LogP contribution in [0.4, 0.5) is 5.00 Å². The molecule has 0 unspecified atom stereocenters. The van der Waals surface area contributed by atoms with E-state index in [0.717, 1.165) is 26.1 Å². The summed E-state index contributed by atoms with van der Waals surface area (Å²) in [4.78, 5) is 22.9. The highest BCUT2D eigenvalue weighted by Gasteiger charge is 2.12. The van der Waals surface area contributed by atoms with Gasteiger partial charge in [-0.05, 0) is 30.3 Å². The van der Waals surface area contributed by atoms with Crippen molar-refractivity contribution in [1.29, 1.82) is 0 Å². The van der Waals surface area contributed by atoms with Gasteiger partial charge in [-0.2, -0.15) is 0 Å². The van der Waals surface area contributed by atoms with E-state index in [0.29, 0.717) is 17.6 Å². The van der Waals surface area contributed by atoms with Gasteiger partial charge >= 0.3 is 10.6 Å². The minimum Gasteiger partial charge on any atom is -0.423 e. The number of hydrogen-bond donors (Lipinski definition) is 0. The van der Waals surface area contributed by atoms with Crippen molar-refractivity contribution in [2.75, 3.05) is 0 Å². The number of thiophene rings is 1. The van der Waals surface area contributed by atoms with Crippen molar-refractivity contribution in [3.63, 3.8) is 0 Å². The summed E-state index contributed by atoms with van der Waals surface area (Å²) in [6.45, 7) is 0. The summed E-state index contributed by atoms with van der Waals surface area (Å²) >= 11 is 4.43. The van der Waals surface area contributed by atoms with Crippen molar-refractivity contribution < 1.29 is 9.34 Å². The van der Waals surface area contributed by atoms with Crippen LogP contribution in [0, 0.1) is 10.1 Å². The molecule has 0 aliphatic carbocycles. The van der Waals surface area contributed by atoms with Gasteiger partial charge in [0, 0.05) is 32.8 Å². The van der Waals surface area contributed by atoms with Gasteiger partial charge in [0.15, 0.2) is 0 Å². The Hall–Kier alpha value is -1.99. The van der Waals surface area contributed by atoms with Gasteiger partial charge in [-0.1, -0.05) is 27.3 Å². The second-order valence-corrected chi connectivity index (χ2v) is 6.48. The lowest BCUT2D eigenvalue weighted by Crippen LogP contribution is -2.06. The molecule has 0 N–H and O–H groups in total. The molecule has 2 heterocycles. The monoisotopic (exact) mass is 365 g/mol. The summed E-state index contributed by atoms with van der Waals surface area (Å²) < 4.78 is 6.16. The molecule has 0 bridgehead atoms. The molecule has 2 aromatic heterocycles. The van der Waals surface area contributed by atoms with Crippen LogP contribution in [0.25, 0.3) is 11.0 Å². The maximum atomic E-state index is 12.0. The Balaban J connectivity index is 2.01. The molecule has 3 rings (SSSR count). The number of benzene rings is 1. The first-order chi connectivity index (χ1) is 10.0. The largest absolute Gasteiger partial charge is 0.423 e. The zero-order chi connectivity index (χ0) is 15.0. The average molecular weight is 366 g/mol. The fourth-order valence-electron chi connectivity index (χ4n) is 2.01. The molecule has 5 nitrogen and oxygen atoms in total. The smallest absolute Gasteiger partial charge is 0.339 e. The van der Waals surface area contributed by atoms with Crippen molar-refractivity contribution in [1.82, 2.24) is 0 Å². The van der Waals surface area contributed by atoms with Crippen LogP contribution in [-0.2, 0) is 6.42 Å². The molecule has 0 aliphatic rings. The van der Waals surface area contributed by atoms with Crippen molar-refractivity contribution in [2.24, 2.45) is 0 Å². The third-order valence-electron chi connectivity index (χ3n) is 2.96. The van der Waals surface area contributed by atoms with Crippen LogP contribution in [0.15, 0.2) is 50.1 Å². The predicted octanol–water partition coefficient (Wildman–Crippen LogP) is 4.12. The molecular formula is C14H8BrNO4S. The Morgan fingerprint density at radius 2 is 2.05 bits per heavy atom. The number of fused-ring (bicyclic) bond motifs is 1. The molecule has 106 valence electrons. The van der Waals surface area contributed by atoms with E-state index < -0.39 is 10.5 Å². The van der Waals surface area contributed by atoms with Gasteiger partial charge in [0.25, 0.3) is 0 Å². The van der Waals surface area contributed by atoms with Gasteiger partial charge in [0.2, 0.25) is 0 Å². The molecule has 1 aromatic carbocycles. The summed E-state index contributed by atoms with van der Waals surface area (Å²) in [5.41, 5.74) is 0.585. The first-order valence-corrected chi connectivity index (χ1v) is 7.59. The molecule has 0 aliphatic heterocycles. The summed E-state index contributed by atoms with van der Waals surface area (Å²) in [5.74, 6) is 0. The van der Waals surface area contributed by atoms with E-state index in [1.807, 2.05) is 6.07 Å². The fourth-order valence-corrected chi connectivity index (χ4v) is 3.23. The maximum Gasteiger partial charge on any atom is 0.339 e. The van der Waals surface area contributed by atoms with Gasteiger partial charge in [-0.3, -0.25) is 10.1 Å². The zero-order valence-corrected chi connectivity index (χ0v) is 12.9. The third-order valence-corrected chi connectivity index (χ3v) is 4.49. The molecule has 0 amide bonds. The highest BCUT2D eigenvalue weighted by atomic mass is 79.9. The van der Waals surface area contributed by atoms with Gasteiger partial charge in [0.1, 0.15) is 5.58 Å². The lowest BCUT2D eigenvalue weighted by molar-refractivity contribution is -0.380. The Kier molecular flexibility index (Phi) is 3.60. The molecule has 0 saturated heterocycles. The summed E-state index contributed by atoms with van der Waals surface area (Å²) in [6, 6.07) is 10.2. The molecule has 0 spiro atoms. The highest BCUT2D eigenvalue weighted by molar-refractivity contribution is 9.10. The first kappa shape index (κ1) is 14.0. The SMILES string of the molecule is O=c1oc2ccc(Br)cc2cc1Cc1ccc([N+](=O)[O-])s1. The average Bonchev–Trinajstić information content (AvgIpc) is 2.89. The first-order valence-electron chi connectivity index (χ1n) is 5.98. The van der Waals surface area contributed by atoms with Gasteiger partial charge < -0.3 is 4.42 Å². The van der Waals surface area contributed by atoms with Gasteiger partial charge in [-0.15, -0.1) is 0 Å². The molecule has 0 saturated carbocycles. The Morgan fingerprint density at radius 1 is 1.24 bits per heavy atom. The summed E-state index contributed by atoms with van der Waals surface area (Å²) in [5, 5.41) is 11.6. The normalized spacial score (nSPS) is 10.9. The van der Waals surface area contributed by atoms with Crippen LogP contribution in [0.1, 0.15) is 10.4 Å². The minimum absolute atomic E-state index is 0.0675. The van der Waals surface area contributed by atoms with E-state index in [9.17, 15) is 14.9 Å². The molecule has 3 aromatic rings. The summed E-state index contributed by atoms with van der Waals surface area (Å²) in [7, 11) is 0. The molecule has 0 fully saturated rings. The zero-order valence-electron chi connectivity index (χ0n) is 10.5. The number of nitrogens with zero attached hydrogens (tertiary/aromatic N) is 1. The van der Waals surface area contributed by atoms with Crippen LogP contribution in [0.5, 0.6) is 0 Å². The fraction of sp³-hybridized carbons (Fsp3) is 0.0714. The van der Waals surface area contributed by atoms with Crippen LogP contribution in [-0.4, -0.2) is 4.92 Å². The quantitative estimate of drug-likeness (QED) is 0.397. The number of hydrogen-bond acceptors (Lipinski definition) is 5. The van der Waals surface area contributed by atoms with E-state index in [1.54, 1.807) is 24.3 Å². The Bertz CT molecular complexity index is 899. The van der Waals surface area contributed by atoms with Crippen molar-refractivity contribution in [2.45, 2.75) is 6.42 Å². The van der Waals surface area contributed by atoms with Crippen molar-refractivity contribution in [3.8, 4) is 0 Å². The van der Waals surface area contributed by atoms with E-state index in [1.165, 1.54) is 6.07 Å². The Morgan fingerprint density at radius 3 is 2.76 bits per heavy atom. The molecule has 0 atom stereocenters. The van der Waals surface area contributed by atoms with E-state index in [2.05, 4.69) is 15.9 Å². The van der Waals surface area contributed by atoms with Crippen molar-refractivity contribution >= 4 is 43.2 Å². The lowest BCUT2D eigenvalue weighted by atomic mass is 10.1. The topological polar surface area (TPSA) is 73.3 Å². The van der Waals surface area contributed by atoms with Crippen LogP contribution in [0.3, 0.4) is 0 Å². The third kappa shape index (κ3) is 2.88. The highest BCUT2D eigenvalue weighted by Crippen LogP contribution is 2.26. The van der Waals surface area contributed by atoms with E-state index in [4.69, 9.17) is 4.42 Å². The van der Waals surface area contributed by atoms with Gasteiger partial charge in [0.05, 0.1) is 4.92 Å². The second-order valence-electron chi connectivity index (χ2n) is 4.42.